The van der Waals surface area contributed by atoms with Crippen molar-refractivity contribution >= 4 is 10.0 Å². The zero-order chi connectivity index (χ0) is 13.0. The van der Waals surface area contributed by atoms with Crippen molar-refractivity contribution in [3.8, 4) is 11.5 Å². The van der Waals surface area contributed by atoms with Crippen LogP contribution in [0.1, 0.15) is 0 Å². The van der Waals surface area contributed by atoms with Gasteiger partial charge in [-0.2, -0.15) is 0 Å². The molecule has 0 saturated carbocycles. The first-order valence-corrected chi connectivity index (χ1v) is 7.16. The Balaban J connectivity index is 2.17. The monoisotopic (exact) mass is 272 g/mol. The Morgan fingerprint density at radius 1 is 1.17 bits per heavy atom. The number of fused-ring (bicyclic) bond motifs is 1. The first kappa shape index (κ1) is 13.1. The molecule has 0 atom stereocenters. The highest BCUT2D eigenvalue weighted by Crippen LogP contribution is 2.31. The molecule has 2 N–H and O–H groups in total. The molecule has 0 unspecified atom stereocenters. The van der Waals surface area contributed by atoms with Gasteiger partial charge in [0.2, 0.25) is 10.0 Å². The van der Waals surface area contributed by atoms with Crippen LogP contribution < -0.4 is 19.5 Å². The molecular weight excluding hydrogens is 256 g/mol. The molecule has 1 aliphatic heterocycles. The molecule has 6 nitrogen and oxygen atoms in total. The minimum Gasteiger partial charge on any atom is -0.486 e. The zero-order valence-corrected chi connectivity index (χ0v) is 10.9. The summed E-state index contributed by atoms with van der Waals surface area (Å²) < 4.78 is 37.1. The van der Waals surface area contributed by atoms with Crippen molar-refractivity contribution < 1.29 is 17.9 Å². The lowest BCUT2D eigenvalue weighted by Gasteiger charge is -2.18. The van der Waals surface area contributed by atoms with E-state index < -0.39 is 10.0 Å². The van der Waals surface area contributed by atoms with Crippen molar-refractivity contribution in [3.05, 3.63) is 18.2 Å². The predicted octanol–water partition coefficient (Wildman–Crippen LogP) is -0.0445. The Hall–Kier alpha value is -1.31. The van der Waals surface area contributed by atoms with E-state index >= 15 is 0 Å². The summed E-state index contributed by atoms with van der Waals surface area (Å²) in [7, 11) is -1.73. The fraction of sp³-hybridized carbons (Fsp3) is 0.455. The second kappa shape index (κ2) is 5.55. The van der Waals surface area contributed by atoms with Gasteiger partial charge in [-0.1, -0.05) is 0 Å². The molecule has 2 rings (SSSR count). The van der Waals surface area contributed by atoms with Gasteiger partial charge >= 0.3 is 0 Å². The molecule has 1 aliphatic rings. The fourth-order valence-corrected chi connectivity index (χ4v) is 2.63. The van der Waals surface area contributed by atoms with Crippen LogP contribution in [0.3, 0.4) is 0 Å². The third-order valence-electron chi connectivity index (χ3n) is 2.49. The van der Waals surface area contributed by atoms with Crippen LogP contribution in [0.4, 0.5) is 0 Å². The maximum atomic E-state index is 12.0. The molecule has 18 heavy (non-hydrogen) atoms. The van der Waals surface area contributed by atoms with Crippen LogP contribution in [-0.2, 0) is 10.0 Å². The van der Waals surface area contributed by atoms with E-state index in [0.717, 1.165) is 0 Å². The maximum Gasteiger partial charge on any atom is 0.240 e. The van der Waals surface area contributed by atoms with Crippen LogP contribution in [0, 0.1) is 0 Å². The van der Waals surface area contributed by atoms with Crippen molar-refractivity contribution in [2.45, 2.75) is 4.90 Å². The lowest BCUT2D eigenvalue weighted by atomic mass is 10.3. The molecular formula is C11H16N2O4S. The summed E-state index contributed by atoms with van der Waals surface area (Å²) in [5.74, 6) is 1.05. The van der Waals surface area contributed by atoms with E-state index in [4.69, 9.17) is 9.47 Å². The smallest absolute Gasteiger partial charge is 0.240 e. The van der Waals surface area contributed by atoms with Gasteiger partial charge in [0.15, 0.2) is 11.5 Å². The second-order valence-electron chi connectivity index (χ2n) is 3.81. The van der Waals surface area contributed by atoms with Gasteiger partial charge in [0.1, 0.15) is 13.2 Å². The summed E-state index contributed by atoms with van der Waals surface area (Å²) in [6.45, 7) is 1.83. The Morgan fingerprint density at radius 2 is 1.89 bits per heavy atom. The summed E-state index contributed by atoms with van der Waals surface area (Å²) in [5, 5.41) is 2.87. The molecule has 0 spiro atoms. The van der Waals surface area contributed by atoms with Crippen LogP contribution in [0.15, 0.2) is 23.1 Å². The van der Waals surface area contributed by atoms with E-state index in [-0.39, 0.29) is 4.90 Å². The molecule has 0 radical (unpaired) electrons. The Kier molecular flexibility index (Phi) is 4.05. The normalized spacial score (nSPS) is 14.5. The van der Waals surface area contributed by atoms with Crippen LogP contribution in [0.2, 0.25) is 0 Å². The average Bonchev–Trinajstić information content (AvgIpc) is 2.38. The third-order valence-corrected chi connectivity index (χ3v) is 3.95. The highest BCUT2D eigenvalue weighted by atomic mass is 32.2. The summed E-state index contributed by atoms with van der Waals surface area (Å²) in [6, 6.07) is 4.60. The molecule has 0 aromatic heterocycles. The van der Waals surface area contributed by atoms with Crippen molar-refractivity contribution in [2.75, 3.05) is 33.4 Å². The molecule has 0 aliphatic carbocycles. The number of nitrogens with one attached hydrogen (secondary N) is 2. The van der Waals surface area contributed by atoms with Gasteiger partial charge in [-0.05, 0) is 19.2 Å². The SMILES string of the molecule is CNCCNS(=O)(=O)c1ccc2c(c1)OCCO2. The zero-order valence-electron chi connectivity index (χ0n) is 10.1. The van der Waals surface area contributed by atoms with Crippen LogP contribution in [0.5, 0.6) is 11.5 Å². The van der Waals surface area contributed by atoms with E-state index in [1.165, 1.54) is 12.1 Å². The van der Waals surface area contributed by atoms with E-state index in [9.17, 15) is 8.42 Å². The van der Waals surface area contributed by atoms with E-state index in [1.54, 1.807) is 13.1 Å². The number of likely N-dealkylation sites (N-methyl/N-ethyl adjacent to an activating group) is 1. The lowest BCUT2D eigenvalue weighted by Crippen LogP contribution is -2.30. The quantitative estimate of drug-likeness (QED) is 0.735. The molecule has 7 heteroatoms. The van der Waals surface area contributed by atoms with Gasteiger partial charge in [0, 0.05) is 19.2 Å². The van der Waals surface area contributed by atoms with Gasteiger partial charge in [-0.3, -0.25) is 0 Å². The lowest BCUT2D eigenvalue weighted by molar-refractivity contribution is 0.171. The van der Waals surface area contributed by atoms with E-state index in [0.29, 0.717) is 37.8 Å². The third kappa shape index (κ3) is 2.92. The minimum atomic E-state index is -3.49. The summed E-state index contributed by atoms with van der Waals surface area (Å²) in [5.41, 5.74) is 0. The Bertz CT molecular complexity index is 516. The highest BCUT2D eigenvalue weighted by molar-refractivity contribution is 7.89. The molecule has 0 bridgehead atoms. The number of benzene rings is 1. The van der Waals surface area contributed by atoms with Crippen LogP contribution in [-0.4, -0.2) is 41.8 Å². The number of ether oxygens (including phenoxy) is 2. The summed E-state index contributed by atoms with van der Waals surface area (Å²) in [4.78, 5) is 0.183. The molecule has 1 heterocycles. The van der Waals surface area contributed by atoms with Gasteiger partial charge in [-0.15, -0.1) is 0 Å². The van der Waals surface area contributed by atoms with Crippen molar-refractivity contribution in [1.82, 2.24) is 10.0 Å². The first-order chi connectivity index (χ1) is 8.63. The Labute approximate surface area is 106 Å². The van der Waals surface area contributed by atoms with Crippen molar-refractivity contribution in [2.24, 2.45) is 0 Å². The number of hydrogen-bond donors (Lipinski definition) is 2. The Morgan fingerprint density at radius 3 is 2.61 bits per heavy atom. The largest absolute Gasteiger partial charge is 0.486 e. The number of sulfonamides is 1. The molecule has 100 valence electrons. The van der Waals surface area contributed by atoms with Crippen molar-refractivity contribution in [3.63, 3.8) is 0 Å². The molecule has 1 aromatic rings. The number of rotatable bonds is 5. The maximum absolute atomic E-state index is 12.0. The van der Waals surface area contributed by atoms with Crippen molar-refractivity contribution in [1.29, 1.82) is 0 Å². The van der Waals surface area contributed by atoms with Gasteiger partial charge in [0.05, 0.1) is 4.90 Å². The van der Waals surface area contributed by atoms with E-state index in [1.807, 2.05) is 0 Å². The molecule has 1 aromatic carbocycles. The topological polar surface area (TPSA) is 76.7 Å². The first-order valence-electron chi connectivity index (χ1n) is 5.67. The molecule has 0 amide bonds. The van der Waals surface area contributed by atoms with Gasteiger partial charge in [-0.25, -0.2) is 13.1 Å². The summed E-state index contributed by atoms with van der Waals surface area (Å²) >= 11 is 0. The second-order valence-corrected chi connectivity index (χ2v) is 5.57. The highest BCUT2D eigenvalue weighted by Gasteiger charge is 2.18. The van der Waals surface area contributed by atoms with Gasteiger partial charge < -0.3 is 14.8 Å². The van der Waals surface area contributed by atoms with E-state index in [2.05, 4.69) is 10.0 Å². The molecule has 0 saturated heterocycles. The fourth-order valence-electron chi connectivity index (χ4n) is 1.58. The van der Waals surface area contributed by atoms with Crippen LogP contribution in [0.25, 0.3) is 0 Å². The number of hydrogen-bond acceptors (Lipinski definition) is 5. The summed E-state index contributed by atoms with van der Waals surface area (Å²) in [6.07, 6.45) is 0. The van der Waals surface area contributed by atoms with Gasteiger partial charge in [0.25, 0.3) is 0 Å². The predicted molar refractivity (Wildman–Crippen MR) is 66.5 cm³/mol. The van der Waals surface area contributed by atoms with Crippen LogP contribution >= 0.6 is 0 Å². The standard InChI is InChI=1S/C11H16N2O4S/c1-12-4-5-13-18(14,15)9-2-3-10-11(8-9)17-7-6-16-10/h2-3,8,12-13H,4-7H2,1H3. The molecule has 0 fully saturated rings. The average molecular weight is 272 g/mol. The minimum absolute atomic E-state index is 0.183.